The molecular weight excluding hydrogens is 282 g/mol. The molecule has 0 radical (unpaired) electrons. The van der Waals surface area contributed by atoms with Gasteiger partial charge in [0.1, 0.15) is 12.7 Å². The number of carbonyl (C=O) groups excluding carboxylic acids is 1. The highest BCUT2D eigenvalue weighted by molar-refractivity contribution is 5.95. The van der Waals surface area contributed by atoms with Crippen molar-refractivity contribution in [3.8, 4) is 5.82 Å². The summed E-state index contributed by atoms with van der Waals surface area (Å²) in [5, 5.41) is 14.3. The minimum absolute atomic E-state index is 0.0895. The Morgan fingerprint density at radius 1 is 1.45 bits per heavy atom. The summed E-state index contributed by atoms with van der Waals surface area (Å²) in [6, 6.07) is 3.21. The summed E-state index contributed by atoms with van der Waals surface area (Å²) in [6.45, 7) is 4.15. The van der Waals surface area contributed by atoms with Gasteiger partial charge in [0.25, 0.3) is 5.91 Å². The highest BCUT2D eigenvalue weighted by atomic mass is 16.3. The molecule has 1 fully saturated rings. The average molecular weight is 301 g/mol. The van der Waals surface area contributed by atoms with Crippen LogP contribution < -0.4 is 0 Å². The molecule has 2 aromatic heterocycles. The molecule has 0 aromatic carbocycles. The summed E-state index contributed by atoms with van der Waals surface area (Å²) in [5.74, 6) is 0.454. The van der Waals surface area contributed by atoms with Crippen molar-refractivity contribution >= 4 is 5.91 Å². The number of rotatable bonds is 3. The number of hydrogen-bond acceptors (Lipinski definition) is 5. The fraction of sp³-hybridized carbons (Fsp3) is 0.467. The van der Waals surface area contributed by atoms with Gasteiger partial charge < -0.3 is 10.0 Å². The SMILES string of the molecule is CC(C)(O)C1CCCN1C(=O)c1ccnc(-n2cncn2)c1. The maximum atomic E-state index is 12.8. The maximum absolute atomic E-state index is 12.8. The second-order valence-corrected chi connectivity index (χ2v) is 6.05. The zero-order valence-corrected chi connectivity index (χ0v) is 12.7. The van der Waals surface area contributed by atoms with Crippen molar-refractivity contribution in [2.24, 2.45) is 0 Å². The van der Waals surface area contributed by atoms with E-state index in [9.17, 15) is 9.90 Å². The monoisotopic (exact) mass is 301 g/mol. The van der Waals surface area contributed by atoms with Crippen molar-refractivity contribution < 1.29 is 9.90 Å². The Labute approximate surface area is 128 Å². The van der Waals surface area contributed by atoms with Gasteiger partial charge in [0.2, 0.25) is 0 Å². The molecule has 0 bridgehead atoms. The number of nitrogens with zero attached hydrogens (tertiary/aromatic N) is 5. The van der Waals surface area contributed by atoms with E-state index in [0.29, 0.717) is 17.9 Å². The molecule has 1 aliphatic heterocycles. The van der Waals surface area contributed by atoms with Crippen LogP contribution in [0.3, 0.4) is 0 Å². The molecule has 1 N–H and O–H groups in total. The van der Waals surface area contributed by atoms with Gasteiger partial charge in [0, 0.05) is 18.3 Å². The van der Waals surface area contributed by atoms with Gasteiger partial charge in [-0.15, -0.1) is 0 Å². The van der Waals surface area contributed by atoms with E-state index in [-0.39, 0.29) is 11.9 Å². The second-order valence-electron chi connectivity index (χ2n) is 6.05. The lowest BCUT2D eigenvalue weighted by atomic mass is 9.96. The zero-order valence-electron chi connectivity index (χ0n) is 12.7. The summed E-state index contributed by atoms with van der Waals surface area (Å²) in [4.78, 5) is 22.6. The van der Waals surface area contributed by atoms with Crippen molar-refractivity contribution in [3.63, 3.8) is 0 Å². The van der Waals surface area contributed by atoms with E-state index in [1.165, 1.54) is 17.3 Å². The Hall–Kier alpha value is -2.28. The molecule has 7 nitrogen and oxygen atoms in total. The molecule has 3 rings (SSSR count). The van der Waals surface area contributed by atoms with Crippen LogP contribution in [0.15, 0.2) is 31.0 Å². The van der Waals surface area contributed by atoms with Crippen molar-refractivity contribution in [3.05, 3.63) is 36.5 Å². The van der Waals surface area contributed by atoms with Crippen LogP contribution >= 0.6 is 0 Å². The number of aromatic nitrogens is 4. The van der Waals surface area contributed by atoms with E-state index in [2.05, 4.69) is 15.1 Å². The minimum Gasteiger partial charge on any atom is -0.388 e. The van der Waals surface area contributed by atoms with Gasteiger partial charge in [-0.1, -0.05) is 0 Å². The van der Waals surface area contributed by atoms with Gasteiger partial charge in [-0.3, -0.25) is 4.79 Å². The van der Waals surface area contributed by atoms with E-state index < -0.39 is 5.60 Å². The standard InChI is InChI=1S/C15H19N5O2/c1-15(2,22)12-4-3-7-19(12)14(21)11-5-6-17-13(8-11)20-10-16-9-18-20/h5-6,8-10,12,22H,3-4,7H2,1-2H3. The molecule has 2 aromatic rings. The molecule has 1 unspecified atom stereocenters. The van der Waals surface area contributed by atoms with E-state index in [1.807, 2.05) is 0 Å². The fourth-order valence-electron chi connectivity index (χ4n) is 2.91. The average Bonchev–Trinajstić information content (AvgIpc) is 3.17. The van der Waals surface area contributed by atoms with Gasteiger partial charge in [-0.05, 0) is 38.8 Å². The maximum Gasteiger partial charge on any atom is 0.254 e. The lowest BCUT2D eigenvalue weighted by molar-refractivity contribution is 0.000332. The number of carbonyl (C=O) groups is 1. The third-order valence-corrected chi connectivity index (χ3v) is 3.98. The minimum atomic E-state index is -0.909. The van der Waals surface area contributed by atoms with E-state index in [0.717, 1.165) is 12.8 Å². The summed E-state index contributed by atoms with van der Waals surface area (Å²) >= 11 is 0. The number of aliphatic hydroxyl groups is 1. The van der Waals surface area contributed by atoms with Crippen molar-refractivity contribution in [1.29, 1.82) is 0 Å². The smallest absolute Gasteiger partial charge is 0.254 e. The number of hydrogen-bond donors (Lipinski definition) is 1. The molecular formula is C15H19N5O2. The van der Waals surface area contributed by atoms with Gasteiger partial charge in [0.05, 0.1) is 11.6 Å². The third kappa shape index (κ3) is 2.71. The number of pyridine rings is 1. The summed E-state index contributed by atoms with van der Waals surface area (Å²) in [7, 11) is 0. The van der Waals surface area contributed by atoms with Crippen LogP contribution in [-0.2, 0) is 0 Å². The third-order valence-electron chi connectivity index (χ3n) is 3.98. The molecule has 1 saturated heterocycles. The topological polar surface area (TPSA) is 84.1 Å². The number of likely N-dealkylation sites (tertiary alicyclic amines) is 1. The van der Waals surface area contributed by atoms with Crippen LogP contribution in [-0.4, -0.2) is 53.8 Å². The normalized spacial score (nSPS) is 18.7. The predicted molar refractivity (Wildman–Crippen MR) is 79.5 cm³/mol. The second kappa shape index (κ2) is 5.49. The highest BCUT2D eigenvalue weighted by Crippen LogP contribution is 2.28. The Kier molecular flexibility index (Phi) is 3.66. The molecule has 116 valence electrons. The predicted octanol–water partition coefficient (Wildman–Crippen LogP) is 1.04. The fourth-order valence-corrected chi connectivity index (χ4v) is 2.91. The zero-order chi connectivity index (χ0) is 15.7. The molecule has 22 heavy (non-hydrogen) atoms. The Bertz CT molecular complexity index is 663. The van der Waals surface area contributed by atoms with E-state index in [1.54, 1.807) is 37.1 Å². The summed E-state index contributed by atoms with van der Waals surface area (Å²) in [5.41, 5.74) is -0.370. The largest absolute Gasteiger partial charge is 0.388 e. The molecule has 0 spiro atoms. The molecule has 0 saturated carbocycles. The van der Waals surface area contributed by atoms with Crippen LogP contribution in [0.5, 0.6) is 0 Å². The molecule has 1 amide bonds. The lowest BCUT2D eigenvalue weighted by Gasteiger charge is -2.33. The van der Waals surface area contributed by atoms with E-state index >= 15 is 0 Å². The molecule has 3 heterocycles. The number of amides is 1. The lowest BCUT2D eigenvalue weighted by Crippen LogP contribution is -2.48. The van der Waals surface area contributed by atoms with Crippen molar-refractivity contribution in [1.82, 2.24) is 24.6 Å². The van der Waals surface area contributed by atoms with Crippen molar-refractivity contribution in [2.75, 3.05) is 6.54 Å². The molecule has 7 heteroatoms. The molecule has 1 aliphatic rings. The molecule has 1 atom stereocenters. The van der Waals surface area contributed by atoms with Crippen LogP contribution in [0.2, 0.25) is 0 Å². The summed E-state index contributed by atoms with van der Waals surface area (Å²) in [6.07, 6.45) is 6.25. The summed E-state index contributed by atoms with van der Waals surface area (Å²) < 4.78 is 1.51. The first-order valence-corrected chi connectivity index (χ1v) is 7.31. The van der Waals surface area contributed by atoms with Gasteiger partial charge in [-0.25, -0.2) is 14.6 Å². The van der Waals surface area contributed by atoms with E-state index in [4.69, 9.17) is 0 Å². The first-order valence-electron chi connectivity index (χ1n) is 7.31. The molecule has 0 aliphatic carbocycles. The van der Waals surface area contributed by atoms with Crippen LogP contribution in [0.4, 0.5) is 0 Å². The van der Waals surface area contributed by atoms with Gasteiger partial charge in [0.15, 0.2) is 5.82 Å². The van der Waals surface area contributed by atoms with Gasteiger partial charge >= 0.3 is 0 Å². The van der Waals surface area contributed by atoms with Crippen LogP contribution in [0, 0.1) is 0 Å². The Balaban J connectivity index is 1.88. The van der Waals surface area contributed by atoms with Crippen molar-refractivity contribution in [2.45, 2.75) is 38.3 Å². The quantitative estimate of drug-likeness (QED) is 0.915. The van der Waals surface area contributed by atoms with Crippen LogP contribution in [0.1, 0.15) is 37.0 Å². The first-order chi connectivity index (χ1) is 10.5. The Morgan fingerprint density at radius 2 is 2.27 bits per heavy atom. The highest BCUT2D eigenvalue weighted by Gasteiger charge is 2.38. The Morgan fingerprint density at radius 3 is 2.95 bits per heavy atom. The van der Waals surface area contributed by atoms with Gasteiger partial charge in [-0.2, -0.15) is 5.10 Å². The first kappa shape index (κ1) is 14.6. The van der Waals surface area contributed by atoms with Crippen LogP contribution in [0.25, 0.3) is 5.82 Å².